The molecule has 1 fully saturated rings. The van der Waals surface area contributed by atoms with Crippen molar-refractivity contribution >= 4 is 6.08 Å². The van der Waals surface area contributed by atoms with Gasteiger partial charge < -0.3 is 4.74 Å². The third-order valence-electron chi connectivity index (χ3n) is 8.24. The molecule has 0 saturated heterocycles. The van der Waals surface area contributed by atoms with E-state index in [1.54, 1.807) is 6.07 Å². The van der Waals surface area contributed by atoms with E-state index in [0.717, 1.165) is 55.9 Å². The molecule has 234 valence electrons. The third-order valence-corrected chi connectivity index (χ3v) is 8.24. The second kappa shape index (κ2) is 13.3. The lowest BCUT2D eigenvalue weighted by Crippen LogP contribution is -2.25. The number of allylic oxidation sites excluding steroid dienone is 2. The number of hydrogen-bond acceptors (Lipinski definition) is 1. The Hall–Kier alpha value is -4.33. The topological polar surface area (TPSA) is 9.23 Å². The Balaban J connectivity index is 1.34. The van der Waals surface area contributed by atoms with Gasteiger partial charge in [0.2, 0.25) is 0 Å². The molecule has 0 N–H and O–H groups in total. The molecule has 1 saturated carbocycles. The number of rotatable bonds is 9. The molecule has 1 nitrogen and oxygen atoms in total. The first-order valence-corrected chi connectivity index (χ1v) is 14.8. The zero-order valence-corrected chi connectivity index (χ0v) is 24.5. The van der Waals surface area contributed by atoms with E-state index >= 15 is 22.0 Å². The van der Waals surface area contributed by atoms with Crippen LogP contribution in [0.4, 0.5) is 30.7 Å². The molecule has 1 aliphatic rings. The SMILES string of the molecule is C=Cc1ccc(-c2ccc(OC(F)(F)c3c(F)cc(-c4ccc(C5CCC(/C=C/CC)CC5)cc4F)cc3F)cc2F)cc1F. The lowest BCUT2D eigenvalue weighted by molar-refractivity contribution is -0.189. The van der Waals surface area contributed by atoms with E-state index in [9.17, 15) is 8.78 Å². The van der Waals surface area contributed by atoms with E-state index in [4.69, 9.17) is 0 Å². The molecule has 0 amide bonds. The summed E-state index contributed by atoms with van der Waals surface area (Å²) in [7, 11) is 0. The molecular formula is C37H31F7O. The summed E-state index contributed by atoms with van der Waals surface area (Å²) in [5, 5.41) is 0. The summed E-state index contributed by atoms with van der Waals surface area (Å²) in [5.41, 5.74) is -1.09. The first kappa shape index (κ1) is 32.1. The van der Waals surface area contributed by atoms with Crippen LogP contribution in [0.3, 0.4) is 0 Å². The van der Waals surface area contributed by atoms with Gasteiger partial charge >= 0.3 is 6.11 Å². The van der Waals surface area contributed by atoms with Crippen LogP contribution in [0.1, 0.15) is 61.6 Å². The second-order valence-corrected chi connectivity index (χ2v) is 11.2. The number of alkyl halides is 2. The van der Waals surface area contributed by atoms with E-state index in [2.05, 4.69) is 30.4 Å². The predicted molar refractivity (Wildman–Crippen MR) is 162 cm³/mol. The van der Waals surface area contributed by atoms with E-state index in [0.29, 0.717) is 24.1 Å². The van der Waals surface area contributed by atoms with Crippen LogP contribution in [-0.2, 0) is 6.11 Å². The van der Waals surface area contributed by atoms with Gasteiger partial charge in [0.25, 0.3) is 0 Å². The quantitative estimate of drug-likeness (QED) is 0.133. The third kappa shape index (κ3) is 7.00. The van der Waals surface area contributed by atoms with Gasteiger partial charge in [-0.15, -0.1) is 0 Å². The zero-order chi connectivity index (χ0) is 32.3. The Kier molecular flexibility index (Phi) is 9.51. The molecule has 4 aromatic rings. The van der Waals surface area contributed by atoms with Crippen LogP contribution in [0.5, 0.6) is 5.75 Å². The van der Waals surface area contributed by atoms with Crippen LogP contribution >= 0.6 is 0 Å². The minimum Gasteiger partial charge on any atom is -0.429 e. The van der Waals surface area contributed by atoms with Gasteiger partial charge in [0.15, 0.2) is 0 Å². The van der Waals surface area contributed by atoms with Gasteiger partial charge in [-0.3, -0.25) is 0 Å². The molecule has 0 aliphatic heterocycles. The first-order chi connectivity index (χ1) is 21.5. The Morgan fingerprint density at radius 3 is 1.96 bits per heavy atom. The summed E-state index contributed by atoms with van der Waals surface area (Å²) in [4.78, 5) is 0. The normalized spacial score (nSPS) is 17.1. The van der Waals surface area contributed by atoms with Crippen molar-refractivity contribution in [3.63, 3.8) is 0 Å². The van der Waals surface area contributed by atoms with Crippen molar-refractivity contribution < 1.29 is 35.5 Å². The minimum atomic E-state index is -4.55. The summed E-state index contributed by atoms with van der Waals surface area (Å²) in [6, 6.07) is 12.2. The first-order valence-electron chi connectivity index (χ1n) is 14.8. The van der Waals surface area contributed by atoms with Gasteiger partial charge in [0, 0.05) is 22.8 Å². The largest absolute Gasteiger partial charge is 0.432 e. The Morgan fingerprint density at radius 1 is 0.733 bits per heavy atom. The fourth-order valence-corrected chi connectivity index (χ4v) is 5.85. The number of halogens is 7. The smallest absolute Gasteiger partial charge is 0.429 e. The number of hydrogen-bond donors (Lipinski definition) is 0. The van der Waals surface area contributed by atoms with E-state index in [1.807, 2.05) is 0 Å². The number of ether oxygens (including phenoxy) is 1. The molecule has 1 aliphatic carbocycles. The van der Waals surface area contributed by atoms with Gasteiger partial charge in [-0.1, -0.05) is 56.0 Å². The van der Waals surface area contributed by atoms with Gasteiger partial charge in [-0.2, -0.15) is 8.78 Å². The van der Waals surface area contributed by atoms with Crippen molar-refractivity contribution in [2.24, 2.45) is 5.92 Å². The predicted octanol–water partition coefficient (Wildman–Crippen LogP) is 11.7. The maximum absolute atomic E-state index is 15.2. The van der Waals surface area contributed by atoms with Gasteiger partial charge in [0.1, 0.15) is 40.4 Å². The van der Waals surface area contributed by atoms with Gasteiger partial charge in [-0.25, -0.2) is 22.0 Å². The lowest BCUT2D eigenvalue weighted by Gasteiger charge is -2.27. The molecule has 45 heavy (non-hydrogen) atoms. The molecule has 0 radical (unpaired) electrons. The highest BCUT2D eigenvalue weighted by atomic mass is 19.3. The van der Waals surface area contributed by atoms with Crippen LogP contribution in [0, 0.1) is 35.0 Å². The van der Waals surface area contributed by atoms with Crippen molar-refractivity contribution in [2.75, 3.05) is 0 Å². The summed E-state index contributed by atoms with van der Waals surface area (Å²) in [5.74, 6) is -5.78. The lowest BCUT2D eigenvalue weighted by atomic mass is 9.78. The van der Waals surface area contributed by atoms with Crippen molar-refractivity contribution in [3.8, 4) is 28.0 Å². The molecule has 0 spiro atoms. The highest BCUT2D eigenvalue weighted by Crippen LogP contribution is 2.40. The molecule has 8 heteroatoms. The average Bonchev–Trinajstić information content (AvgIpc) is 2.99. The maximum atomic E-state index is 15.2. The minimum absolute atomic E-state index is 0.105. The fourth-order valence-electron chi connectivity index (χ4n) is 5.85. The monoisotopic (exact) mass is 624 g/mol. The Labute approximate surface area is 257 Å². The standard InChI is InChI=1S/C37H31F7O/c1-3-5-6-22-7-9-24(10-8-22)25-13-15-30(32(39)17-25)27-19-34(41)36(35(42)20-27)37(43,44)45-28-14-16-29(33(40)21-28)26-12-11-23(4-2)31(38)18-26/h4-6,11-22,24H,2-3,7-10H2,1H3/b6-5+. The van der Waals surface area contributed by atoms with Crippen LogP contribution in [0.15, 0.2) is 85.5 Å². The average molecular weight is 625 g/mol. The van der Waals surface area contributed by atoms with Crippen molar-refractivity contribution in [3.05, 3.63) is 131 Å². The molecular weight excluding hydrogens is 593 g/mol. The van der Waals surface area contributed by atoms with E-state index in [1.165, 1.54) is 30.3 Å². The molecule has 4 aromatic carbocycles. The summed E-state index contributed by atoms with van der Waals surface area (Å²) < 4.78 is 109. The molecule has 0 bridgehead atoms. The summed E-state index contributed by atoms with van der Waals surface area (Å²) in [6.45, 7) is 5.55. The highest BCUT2D eigenvalue weighted by molar-refractivity contribution is 5.68. The molecule has 0 aromatic heterocycles. The number of benzene rings is 4. The molecule has 0 atom stereocenters. The van der Waals surface area contributed by atoms with Crippen molar-refractivity contribution in [1.29, 1.82) is 0 Å². The molecule has 0 heterocycles. The second-order valence-electron chi connectivity index (χ2n) is 11.2. The van der Waals surface area contributed by atoms with Crippen LogP contribution in [0.25, 0.3) is 28.3 Å². The Morgan fingerprint density at radius 2 is 1.36 bits per heavy atom. The van der Waals surface area contributed by atoms with Gasteiger partial charge in [-0.05, 0) is 97.0 Å². The molecule has 0 unspecified atom stereocenters. The van der Waals surface area contributed by atoms with Crippen LogP contribution in [0.2, 0.25) is 0 Å². The zero-order valence-electron chi connectivity index (χ0n) is 24.5. The molecule has 5 rings (SSSR count). The summed E-state index contributed by atoms with van der Waals surface area (Å²) in [6.07, 6.45) is 5.83. The fraction of sp³-hybridized carbons (Fsp3) is 0.243. The Bertz CT molecular complexity index is 1710. The van der Waals surface area contributed by atoms with Gasteiger partial charge in [0.05, 0.1) is 0 Å². The van der Waals surface area contributed by atoms with Crippen LogP contribution in [-0.4, -0.2) is 0 Å². The summed E-state index contributed by atoms with van der Waals surface area (Å²) >= 11 is 0. The van der Waals surface area contributed by atoms with Crippen molar-refractivity contribution in [1.82, 2.24) is 0 Å². The van der Waals surface area contributed by atoms with Crippen molar-refractivity contribution in [2.45, 2.75) is 51.1 Å². The van der Waals surface area contributed by atoms with E-state index < -0.39 is 46.5 Å². The highest BCUT2D eigenvalue weighted by Gasteiger charge is 2.41. The maximum Gasteiger partial charge on any atom is 0.432 e. The van der Waals surface area contributed by atoms with Crippen LogP contribution < -0.4 is 4.74 Å². The van der Waals surface area contributed by atoms with E-state index in [-0.39, 0.29) is 33.7 Å².